The van der Waals surface area contributed by atoms with E-state index in [1.54, 1.807) is 20.8 Å². The smallest absolute Gasteiger partial charge is 0.417 e. The molecule has 140 valence electrons. The first-order chi connectivity index (χ1) is 11.4. The van der Waals surface area contributed by atoms with Crippen molar-refractivity contribution in [3.63, 3.8) is 0 Å². The van der Waals surface area contributed by atoms with Crippen LogP contribution in [0.2, 0.25) is 0 Å². The number of amides is 1. The van der Waals surface area contributed by atoms with E-state index >= 15 is 0 Å². The minimum Gasteiger partial charge on any atom is -0.444 e. The number of rotatable bonds is 2. The topological polar surface area (TPSA) is 42.4 Å². The highest BCUT2D eigenvalue weighted by molar-refractivity contribution is 5.68. The summed E-state index contributed by atoms with van der Waals surface area (Å²) < 4.78 is 57.8. The number of alkyl halides is 4. The maximum atomic E-state index is 14.9. The quantitative estimate of drug-likeness (QED) is 0.733. The number of piperidine rings is 1. The van der Waals surface area contributed by atoms with Gasteiger partial charge in [0.2, 0.25) is 0 Å². The first kappa shape index (κ1) is 19.5. The molecule has 0 atom stereocenters. The Morgan fingerprint density at radius 1 is 1.24 bits per heavy atom. The van der Waals surface area contributed by atoms with E-state index in [2.05, 4.69) is 4.98 Å². The van der Waals surface area contributed by atoms with Crippen molar-refractivity contribution in [3.8, 4) is 0 Å². The molecular formula is C17H22F4N2O2. The Hall–Kier alpha value is -1.86. The van der Waals surface area contributed by atoms with Gasteiger partial charge in [0.1, 0.15) is 11.3 Å². The summed E-state index contributed by atoms with van der Waals surface area (Å²) >= 11 is 0. The van der Waals surface area contributed by atoms with E-state index in [9.17, 15) is 22.4 Å². The van der Waals surface area contributed by atoms with Crippen molar-refractivity contribution in [2.24, 2.45) is 0 Å². The molecular weight excluding hydrogens is 340 g/mol. The molecule has 1 aliphatic rings. The number of halogens is 4. The minimum absolute atomic E-state index is 0.0761. The zero-order chi connectivity index (χ0) is 18.9. The summed E-state index contributed by atoms with van der Waals surface area (Å²) in [6.07, 6.45) is -4.12. The largest absolute Gasteiger partial charge is 0.444 e. The Kier molecular flexibility index (Phi) is 5.30. The van der Waals surface area contributed by atoms with Crippen molar-refractivity contribution in [1.82, 2.24) is 9.88 Å². The summed E-state index contributed by atoms with van der Waals surface area (Å²) in [5.41, 5.74) is -2.80. The van der Waals surface area contributed by atoms with Gasteiger partial charge in [-0.25, -0.2) is 9.18 Å². The highest BCUT2D eigenvalue weighted by Crippen LogP contribution is 2.32. The van der Waals surface area contributed by atoms with Crippen LogP contribution in [-0.4, -0.2) is 40.3 Å². The van der Waals surface area contributed by atoms with Crippen LogP contribution in [0, 0.1) is 0 Å². The van der Waals surface area contributed by atoms with E-state index in [0.717, 1.165) is 6.07 Å². The summed E-state index contributed by atoms with van der Waals surface area (Å²) in [5, 5.41) is 0. The van der Waals surface area contributed by atoms with Crippen molar-refractivity contribution >= 4 is 6.09 Å². The lowest BCUT2D eigenvalue weighted by atomic mass is 9.88. The number of aromatic nitrogens is 1. The monoisotopic (exact) mass is 362 g/mol. The molecule has 8 heteroatoms. The summed E-state index contributed by atoms with van der Waals surface area (Å²) in [7, 11) is 0. The van der Waals surface area contributed by atoms with Crippen molar-refractivity contribution in [2.45, 2.75) is 57.5 Å². The van der Waals surface area contributed by atoms with Crippen molar-refractivity contribution in [1.29, 1.82) is 0 Å². The van der Waals surface area contributed by atoms with Gasteiger partial charge < -0.3 is 9.64 Å². The molecule has 0 N–H and O–H groups in total. The molecule has 0 aromatic carbocycles. The minimum atomic E-state index is -4.46. The molecule has 0 unspecified atom stereocenters. The maximum absolute atomic E-state index is 14.9. The van der Waals surface area contributed by atoms with Gasteiger partial charge in [-0.05, 0) is 45.7 Å². The van der Waals surface area contributed by atoms with Crippen molar-refractivity contribution in [2.75, 3.05) is 13.1 Å². The van der Waals surface area contributed by atoms with Crippen LogP contribution in [0.1, 0.15) is 44.9 Å². The number of hydrogen-bond donors (Lipinski definition) is 0. The molecule has 1 fully saturated rings. The molecule has 1 saturated heterocycles. The van der Waals surface area contributed by atoms with E-state index in [4.69, 9.17) is 4.74 Å². The van der Waals surface area contributed by atoms with E-state index in [-0.39, 0.29) is 38.0 Å². The molecule has 0 bridgehead atoms. The standard InChI is InChI=1S/C17H22F4N2O2/c1-15(2,3)25-14(24)23-8-6-16(18,7-9-23)10-13-5-4-12(11-22-13)17(19,20)21/h4-5,11H,6-10H2,1-3H3. The molecule has 2 heterocycles. The molecule has 0 spiro atoms. The second-order valence-corrected chi connectivity index (χ2v) is 7.33. The first-order valence-corrected chi connectivity index (χ1v) is 8.07. The third-order valence-electron chi connectivity index (χ3n) is 3.96. The molecule has 0 aliphatic carbocycles. The summed E-state index contributed by atoms with van der Waals surface area (Å²) in [5.74, 6) is 0. The number of carbonyl (C=O) groups excluding carboxylic acids is 1. The summed E-state index contributed by atoms with van der Waals surface area (Å²) in [4.78, 5) is 17.1. The van der Waals surface area contributed by atoms with Crippen LogP contribution in [0.3, 0.4) is 0 Å². The summed E-state index contributed by atoms with van der Waals surface area (Å²) in [6.45, 7) is 5.66. The lowest BCUT2D eigenvalue weighted by molar-refractivity contribution is -0.137. The predicted octanol–water partition coefficient (Wildman–Crippen LogP) is 4.38. The average molecular weight is 362 g/mol. The number of ether oxygens (including phenoxy) is 1. The van der Waals surface area contributed by atoms with Gasteiger partial charge in [0.05, 0.1) is 5.56 Å². The van der Waals surface area contributed by atoms with Gasteiger partial charge in [-0.1, -0.05) is 0 Å². The van der Waals surface area contributed by atoms with Gasteiger partial charge in [-0.15, -0.1) is 0 Å². The average Bonchev–Trinajstić information content (AvgIpc) is 2.45. The molecule has 1 aromatic rings. The lowest BCUT2D eigenvalue weighted by Crippen LogP contribution is -2.47. The molecule has 1 aromatic heterocycles. The van der Waals surface area contributed by atoms with Gasteiger partial charge in [0, 0.05) is 31.4 Å². The van der Waals surface area contributed by atoms with E-state index in [0.29, 0.717) is 6.20 Å². The highest BCUT2D eigenvalue weighted by Gasteiger charge is 2.38. The van der Waals surface area contributed by atoms with Crippen LogP contribution in [0.15, 0.2) is 18.3 Å². The third-order valence-corrected chi connectivity index (χ3v) is 3.96. The summed E-state index contributed by atoms with van der Waals surface area (Å²) in [6, 6.07) is 2.10. The normalized spacial score (nSPS) is 18.1. The second kappa shape index (κ2) is 6.80. The van der Waals surface area contributed by atoms with Crippen molar-refractivity contribution < 1.29 is 27.1 Å². The Labute approximate surface area is 144 Å². The molecule has 25 heavy (non-hydrogen) atoms. The van der Waals surface area contributed by atoms with Crippen LogP contribution >= 0.6 is 0 Å². The first-order valence-electron chi connectivity index (χ1n) is 8.07. The molecule has 0 saturated carbocycles. The lowest BCUT2D eigenvalue weighted by Gasteiger charge is -2.37. The Morgan fingerprint density at radius 2 is 1.84 bits per heavy atom. The zero-order valence-electron chi connectivity index (χ0n) is 14.5. The van der Waals surface area contributed by atoms with Crippen LogP contribution in [0.4, 0.5) is 22.4 Å². The fourth-order valence-electron chi connectivity index (χ4n) is 2.61. The number of pyridine rings is 1. The van der Waals surface area contributed by atoms with Crippen LogP contribution in [0.5, 0.6) is 0 Å². The van der Waals surface area contributed by atoms with Crippen LogP contribution in [0.25, 0.3) is 0 Å². The Morgan fingerprint density at radius 3 is 2.28 bits per heavy atom. The fraction of sp³-hybridized carbons (Fsp3) is 0.647. The maximum Gasteiger partial charge on any atom is 0.417 e. The van der Waals surface area contributed by atoms with E-state index < -0.39 is 29.1 Å². The fourth-order valence-corrected chi connectivity index (χ4v) is 2.61. The molecule has 1 aliphatic heterocycles. The third kappa shape index (κ3) is 5.57. The number of carbonyl (C=O) groups is 1. The van der Waals surface area contributed by atoms with Crippen molar-refractivity contribution in [3.05, 3.63) is 29.6 Å². The predicted molar refractivity (Wildman–Crippen MR) is 83.8 cm³/mol. The molecule has 2 rings (SSSR count). The van der Waals surface area contributed by atoms with Gasteiger partial charge in [0.15, 0.2) is 0 Å². The van der Waals surface area contributed by atoms with Gasteiger partial charge >= 0.3 is 12.3 Å². The van der Waals surface area contributed by atoms with Crippen LogP contribution in [-0.2, 0) is 17.3 Å². The zero-order valence-corrected chi connectivity index (χ0v) is 14.5. The number of likely N-dealkylation sites (tertiary alicyclic amines) is 1. The highest BCUT2D eigenvalue weighted by atomic mass is 19.4. The number of hydrogen-bond acceptors (Lipinski definition) is 3. The Bertz CT molecular complexity index is 601. The second-order valence-electron chi connectivity index (χ2n) is 7.33. The number of nitrogens with zero attached hydrogens (tertiary/aromatic N) is 2. The SMILES string of the molecule is CC(C)(C)OC(=O)N1CCC(F)(Cc2ccc(C(F)(F)F)cn2)CC1. The van der Waals surface area contributed by atoms with Gasteiger partial charge in [0.25, 0.3) is 0 Å². The Balaban J connectivity index is 1.93. The molecule has 1 amide bonds. The van der Waals surface area contributed by atoms with E-state index in [1.807, 2.05) is 0 Å². The van der Waals surface area contributed by atoms with Gasteiger partial charge in [-0.2, -0.15) is 13.2 Å². The molecule has 0 radical (unpaired) electrons. The van der Waals surface area contributed by atoms with Crippen LogP contribution < -0.4 is 0 Å². The molecule has 4 nitrogen and oxygen atoms in total. The van der Waals surface area contributed by atoms with E-state index in [1.165, 1.54) is 11.0 Å². The van der Waals surface area contributed by atoms with Gasteiger partial charge in [-0.3, -0.25) is 4.98 Å².